The van der Waals surface area contributed by atoms with E-state index in [9.17, 15) is 8.42 Å². The zero-order valence-corrected chi connectivity index (χ0v) is 12.3. The summed E-state index contributed by atoms with van der Waals surface area (Å²) < 4.78 is 27.1. The van der Waals surface area contributed by atoms with Gasteiger partial charge in [0.15, 0.2) is 15.7 Å². The van der Waals surface area contributed by atoms with Crippen molar-refractivity contribution in [3.8, 4) is 6.01 Å². The maximum Gasteiger partial charge on any atom is 0.318 e. The van der Waals surface area contributed by atoms with Gasteiger partial charge in [0.1, 0.15) is 5.02 Å². The number of nitrogens with one attached hydrogen (secondary N) is 1. The SMILES string of the molecule is COc1ncc(Cl)c(NCC(C)(C)S(C)(=O)=O)n1. The summed E-state index contributed by atoms with van der Waals surface area (Å²) in [4.78, 5) is 7.83. The van der Waals surface area contributed by atoms with Crippen molar-refractivity contribution in [1.29, 1.82) is 0 Å². The molecule has 102 valence electrons. The zero-order valence-electron chi connectivity index (χ0n) is 10.7. The van der Waals surface area contributed by atoms with E-state index in [4.69, 9.17) is 16.3 Å². The van der Waals surface area contributed by atoms with E-state index >= 15 is 0 Å². The molecule has 1 N–H and O–H groups in total. The second kappa shape index (κ2) is 5.27. The number of sulfone groups is 1. The Kier molecular flexibility index (Phi) is 4.39. The van der Waals surface area contributed by atoms with Gasteiger partial charge in [0, 0.05) is 12.8 Å². The molecular weight excluding hydrogens is 278 g/mol. The number of halogens is 1. The summed E-state index contributed by atoms with van der Waals surface area (Å²) in [7, 11) is -1.74. The first-order chi connectivity index (χ1) is 8.17. The van der Waals surface area contributed by atoms with E-state index in [-0.39, 0.29) is 12.6 Å². The van der Waals surface area contributed by atoms with E-state index in [0.29, 0.717) is 10.8 Å². The number of aromatic nitrogens is 2. The monoisotopic (exact) mass is 293 g/mol. The largest absolute Gasteiger partial charge is 0.467 e. The van der Waals surface area contributed by atoms with Crippen LogP contribution >= 0.6 is 11.6 Å². The van der Waals surface area contributed by atoms with Gasteiger partial charge >= 0.3 is 6.01 Å². The number of anilines is 1. The van der Waals surface area contributed by atoms with Crippen LogP contribution in [0, 0.1) is 0 Å². The van der Waals surface area contributed by atoms with E-state index in [1.54, 1.807) is 13.8 Å². The minimum absolute atomic E-state index is 0.166. The minimum Gasteiger partial charge on any atom is -0.467 e. The Hall–Kier alpha value is -1.08. The number of hydrogen-bond donors (Lipinski definition) is 1. The van der Waals surface area contributed by atoms with Gasteiger partial charge in [-0.2, -0.15) is 4.98 Å². The van der Waals surface area contributed by atoms with Crippen LogP contribution in [-0.2, 0) is 9.84 Å². The molecule has 0 fully saturated rings. The Labute approximate surface area is 112 Å². The first kappa shape index (κ1) is 15.0. The third kappa shape index (κ3) is 3.46. The lowest BCUT2D eigenvalue weighted by molar-refractivity contribution is 0.380. The third-order valence-electron chi connectivity index (χ3n) is 2.59. The van der Waals surface area contributed by atoms with Crippen LogP contribution in [0.15, 0.2) is 6.20 Å². The van der Waals surface area contributed by atoms with Crippen molar-refractivity contribution in [3.05, 3.63) is 11.2 Å². The van der Waals surface area contributed by atoms with Crippen molar-refractivity contribution in [1.82, 2.24) is 9.97 Å². The van der Waals surface area contributed by atoms with Crippen LogP contribution in [0.4, 0.5) is 5.82 Å². The lowest BCUT2D eigenvalue weighted by atomic mass is 10.2. The summed E-state index contributed by atoms with van der Waals surface area (Å²) in [6, 6.07) is 0.166. The van der Waals surface area contributed by atoms with Crippen molar-refractivity contribution in [2.75, 3.05) is 25.2 Å². The molecule has 0 aliphatic heterocycles. The Balaban J connectivity index is 2.87. The lowest BCUT2D eigenvalue weighted by Gasteiger charge is -2.23. The minimum atomic E-state index is -3.18. The topological polar surface area (TPSA) is 81.2 Å². The molecule has 0 saturated carbocycles. The molecule has 1 aromatic rings. The smallest absolute Gasteiger partial charge is 0.318 e. The molecule has 6 nitrogen and oxygen atoms in total. The fraction of sp³-hybridized carbons (Fsp3) is 0.600. The number of hydrogen-bond acceptors (Lipinski definition) is 6. The quantitative estimate of drug-likeness (QED) is 0.883. The van der Waals surface area contributed by atoms with Gasteiger partial charge in [-0.3, -0.25) is 0 Å². The average molecular weight is 294 g/mol. The van der Waals surface area contributed by atoms with Crippen LogP contribution in [0.1, 0.15) is 13.8 Å². The normalized spacial score (nSPS) is 12.3. The van der Waals surface area contributed by atoms with Crippen molar-refractivity contribution in [2.24, 2.45) is 0 Å². The number of ether oxygens (including phenoxy) is 1. The third-order valence-corrected chi connectivity index (χ3v) is 5.02. The molecule has 0 bridgehead atoms. The highest BCUT2D eigenvalue weighted by Crippen LogP contribution is 2.22. The van der Waals surface area contributed by atoms with E-state index in [1.807, 2.05) is 0 Å². The van der Waals surface area contributed by atoms with E-state index in [1.165, 1.54) is 19.6 Å². The van der Waals surface area contributed by atoms with Gasteiger partial charge in [0.05, 0.1) is 18.1 Å². The molecule has 0 spiro atoms. The number of nitrogens with zero attached hydrogens (tertiary/aromatic N) is 2. The Bertz CT molecular complexity index is 531. The molecule has 1 aromatic heterocycles. The molecule has 0 amide bonds. The Morgan fingerprint density at radius 3 is 2.61 bits per heavy atom. The molecule has 0 aliphatic carbocycles. The lowest BCUT2D eigenvalue weighted by Crippen LogP contribution is -2.38. The van der Waals surface area contributed by atoms with Crippen LogP contribution in [-0.4, -0.2) is 43.0 Å². The van der Waals surface area contributed by atoms with Crippen LogP contribution in [0.2, 0.25) is 5.02 Å². The van der Waals surface area contributed by atoms with Gasteiger partial charge in [0.25, 0.3) is 0 Å². The maximum absolute atomic E-state index is 11.6. The molecule has 0 atom stereocenters. The summed E-state index contributed by atoms with van der Waals surface area (Å²) in [5, 5.41) is 3.20. The highest BCUT2D eigenvalue weighted by atomic mass is 35.5. The summed E-state index contributed by atoms with van der Waals surface area (Å²) in [5.74, 6) is 0.347. The van der Waals surface area contributed by atoms with Gasteiger partial charge < -0.3 is 10.1 Å². The standard InChI is InChI=1S/C10H16ClN3O3S/c1-10(2,18(4,15)16)6-13-8-7(11)5-12-9(14-8)17-3/h5H,6H2,1-4H3,(H,12,13,14). The molecule has 18 heavy (non-hydrogen) atoms. The molecule has 0 radical (unpaired) electrons. The first-order valence-electron chi connectivity index (χ1n) is 5.17. The highest BCUT2D eigenvalue weighted by molar-refractivity contribution is 7.92. The van der Waals surface area contributed by atoms with E-state index in [2.05, 4.69) is 15.3 Å². The first-order valence-corrected chi connectivity index (χ1v) is 7.44. The fourth-order valence-electron chi connectivity index (χ4n) is 1.00. The second-order valence-electron chi connectivity index (χ2n) is 4.44. The van der Waals surface area contributed by atoms with Gasteiger partial charge in [-0.1, -0.05) is 11.6 Å². The molecule has 1 heterocycles. The molecule has 0 saturated heterocycles. The van der Waals surface area contributed by atoms with E-state index in [0.717, 1.165) is 0 Å². The van der Waals surface area contributed by atoms with Crippen molar-refractivity contribution in [3.63, 3.8) is 0 Å². The summed E-state index contributed by atoms with van der Waals surface area (Å²) in [5.41, 5.74) is 0. The summed E-state index contributed by atoms with van der Waals surface area (Å²) in [6.07, 6.45) is 2.58. The van der Waals surface area contributed by atoms with Crippen LogP contribution in [0.3, 0.4) is 0 Å². The molecule has 0 aromatic carbocycles. The van der Waals surface area contributed by atoms with Crippen molar-refractivity contribution in [2.45, 2.75) is 18.6 Å². The molecule has 0 aliphatic rings. The fourth-order valence-corrected chi connectivity index (χ4v) is 1.49. The highest BCUT2D eigenvalue weighted by Gasteiger charge is 2.30. The summed E-state index contributed by atoms with van der Waals surface area (Å²) >= 11 is 5.90. The van der Waals surface area contributed by atoms with E-state index < -0.39 is 14.6 Å². The van der Waals surface area contributed by atoms with Crippen molar-refractivity contribution >= 4 is 27.3 Å². The predicted octanol–water partition coefficient (Wildman–Crippen LogP) is 1.37. The van der Waals surface area contributed by atoms with Crippen LogP contribution in [0.25, 0.3) is 0 Å². The van der Waals surface area contributed by atoms with Gasteiger partial charge in [-0.25, -0.2) is 13.4 Å². The number of methoxy groups -OCH3 is 1. The molecule has 8 heteroatoms. The van der Waals surface area contributed by atoms with Gasteiger partial charge in [-0.05, 0) is 13.8 Å². The van der Waals surface area contributed by atoms with Crippen LogP contribution < -0.4 is 10.1 Å². The van der Waals surface area contributed by atoms with Gasteiger partial charge in [0.2, 0.25) is 0 Å². The average Bonchev–Trinajstić information content (AvgIpc) is 2.26. The number of rotatable bonds is 5. The maximum atomic E-state index is 11.6. The molecular formula is C10H16ClN3O3S. The zero-order chi connectivity index (χ0) is 14.0. The Morgan fingerprint density at radius 2 is 2.11 bits per heavy atom. The molecule has 1 rings (SSSR count). The second-order valence-corrected chi connectivity index (χ2v) is 7.50. The van der Waals surface area contributed by atoms with Crippen LogP contribution in [0.5, 0.6) is 6.01 Å². The van der Waals surface area contributed by atoms with Crippen molar-refractivity contribution < 1.29 is 13.2 Å². The Morgan fingerprint density at radius 1 is 1.50 bits per heavy atom. The molecule has 0 unspecified atom stereocenters. The van der Waals surface area contributed by atoms with Gasteiger partial charge in [-0.15, -0.1) is 0 Å². The predicted molar refractivity (Wildman–Crippen MR) is 71.0 cm³/mol. The summed E-state index contributed by atoms with van der Waals surface area (Å²) in [6.45, 7) is 3.44.